The minimum absolute atomic E-state index is 1.24. The molecule has 0 radical (unpaired) electrons. The second-order valence-electron chi connectivity index (χ2n) is 4.80. The molecule has 0 saturated heterocycles. The molecule has 0 aromatic heterocycles. The third-order valence-corrected chi connectivity index (χ3v) is 7.26. The topological polar surface area (TPSA) is 9.23 Å². The first-order valence-electron chi connectivity index (χ1n) is 6.99. The molecule has 0 amide bonds. The number of hydrogen-bond acceptors (Lipinski definition) is 1. The van der Waals surface area contributed by atoms with Crippen molar-refractivity contribution in [1.29, 1.82) is 0 Å². The van der Waals surface area contributed by atoms with E-state index in [1.54, 1.807) is 0 Å². The summed E-state index contributed by atoms with van der Waals surface area (Å²) in [6.45, 7) is 0. The van der Waals surface area contributed by atoms with Crippen molar-refractivity contribution in [3.63, 3.8) is 0 Å². The first-order valence-corrected chi connectivity index (χ1v) is 8.70. The molecule has 0 heterocycles. The van der Waals surface area contributed by atoms with Crippen LogP contribution in [0.2, 0.25) is 0 Å². The summed E-state index contributed by atoms with van der Waals surface area (Å²) in [5, 5.41) is 3.72. The normalized spacial score (nSPS) is 11.3. The van der Waals surface area contributed by atoms with Crippen molar-refractivity contribution in [2.45, 2.75) is 0 Å². The van der Waals surface area contributed by atoms with Gasteiger partial charge in [-0.25, -0.2) is 4.52 Å². The van der Waals surface area contributed by atoms with E-state index in [1.165, 1.54) is 15.9 Å². The smallest absolute Gasteiger partial charge is 0.225 e. The maximum atomic E-state index is 6.21. The fourth-order valence-corrected chi connectivity index (χ4v) is 5.98. The van der Waals surface area contributed by atoms with E-state index in [1.807, 2.05) is 25.3 Å². The van der Waals surface area contributed by atoms with Crippen LogP contribution in [0.1, 0.15) is 0 Å². The zero-order valence-electron chi connectivity index (χ0n) is 12.0. The van der Waals surface area contributed by atoms with Crippen LogP contribution in [0, 0.1) is 0 Å². The van der Waals surface area contributed by atoms with E-state index in [0.717, 1.165) is 0 Å². The number of hydrogen-bond donors (Lipinski definition) is 0. The van der Waals surface area contributed by atoms with Gasteiger partial charge in [-0.1, -0.05) is 54.6 Å². The van der Waals surface area contributed by atoms with Crippen molar-refractivity contribution in [2.24, 2.45) is 0 Å². The first-order chi connectivity index (χ1) is 10.4. The Hall–Kier alpha value is -1.95. The van der Waals surface area contributed by atoms with Crippen LogP contribution >= 0.6 is 7.49 Å². The highest BCUT2D eigenvalue weighted by Gasteiger charge is 2.46. The molecule has 0 spiro atoms. The van der Waals surface area contributed by atoms with Crippen molar-refractivity contribution in [3.8, 4) is 0 Å². The molecule has 0 aliphatic carbocycles. The molecule has 0 bridgehead atoms. The molecular formula is C19H18OP+. The maximum Gasteiger partial charge on any atom is 0.241 e. The average molecular weight is 293 g/mol. The molecule has 3 rings (SSSR count). The predicted molar refractivity (Wildman–Crippen MR) is 92.2 cm³/mol. The Bertz CT molecular complexity index is 584. The largest absolute Gasteiger partial charge is 0.241 e. The molecule has 1 nitrogen and oxygen atoms in total. The van der Waals surface area contributed by atoms with Crippen molar-refractivity contribution in [2.75, 3.05) is 7.11 Å². The molecular weight excluding hydrogens is 275 g/mol. The minimum Gasteiger partial charge on any atom is -0.225 e. The van der Waals surface area contributed by atoms with Crippen LogP contribution < -0.4 is 15.9 Å². The highest BCUT2D eigenvalue weighted by molar-refractivity contribution is 7.91. The molecule has 21 heavy (non-hydrogen) atoms. The first kappa shape index (κ1) is 14.0. The van der Waals surface area contributed by atoms with E-state index < -0.39 is 7.49 Å². The Kier molecular flexibility index (Phi) is 4.15. The number of benzene rings is 3. The van der Waals surface area contributed by atoms with Crippen LogP contribution in [0.15, 0.2) is 91.0 Å². The fourth-order valence-electron chi connectivity index (χ4n) is 2.68. The van der Waals surface area contributed by atoms with E-state index in [0.29, 0.717) is 0 Å². The molecule has 3 aromatic carbocycles. The summed E-state index contributed by atoms with van der Waals surface area (Å²) >= 11 is 0. The molecule has 3 aromatic rings. The molecule has 104 valence electrons. The lowest BCUT2D eigenvalue weighted by Crippen LogP contribution is -2.32. The Balaban J connectivity index is 2.29. The Morgan fingerprint density at radius 2 is 0.810 bits per heavy atom. The van der Waals surface area contributed by atoms with Crippen LogP contribution in [0.5, 0.6) is 0 Å². The Morgan fingerprint density at radius 3 is 1.05 bits per heavy atom. The lowest BCUT2D eigenvalue weighted by Gasteiger charge is -2.23. The second-order valence-corrected chi connectivity index (χ2v) is 7.93. The maximum absolute atomic E-state index is 6.21. The molecule has 0 aliphatic heterocycles. The lowest BCUT2D eigenvalue weighted by molar-refractivity contribution is 0.466. The van der Waals surface area contributed by atoms with Gasteiger partial charge in [0.1, 0.15) is 15.9 Å². The van der Waals surface area contributed by atoms with Gasteiger partial charge in [0, 0.05) is 0 Å². The summed E-state index contributed by atoms with van der Waals surface area (Å²) in [5.74, 6) is 0. The van der Waals surface area contributed by atoms with Crippen LogP contribution in [-0.2, 0) is 4.52 Å². The van der Waals surface area contributed by atoms with Gasteiger partial charge in [-0.15, -0.1) is 0 Å². The summed E-state index contributed by atoms with van der Waals surface area (Å²) in [4.78, 5) is 0. The highest BCUT2D eigenvalue weighted by atomic mass is 31.2. The average Bonchev–Trinajstić information content (AvgIpc) is 2.59. The van der Waals surface area contributed by atoms with E-state index in [4.69, 9.17) is 4.52 Å². The minimum atomic E-state index is -2.03. The molecule has 0 atom stereocenters. The standard InChI is InChI=1S/C19H18OP/c1-20-21(17-11-5-2-6-12-17,18-13-7-3-8-14-18)19-15-9-4-10-16-19/h2-16H,1H3/q+1. The van der Waals surface area contributed by atoms with Gasteiger partial charge in [0.15, 0.2) is 0 Å². The van der Waals surface area contributed by atoms with E-state index >= 15 is 0 Å². The second kappa shape index (κ2) is 6.22. The van der Waals surface area contributed by atoms with Gasteiger partial charge in [0.05, 0.1) is 7.11 Å². The van der Waals surface area contributed by atoms with Gasteiger partial charge in [0.2, 0.25) is 7.49 Å². The van der Waals surface area contributed by atoms with Crippen LogP contribution in [-0.4, -0.2) is 7.11 Å². The summed E-state index contributed by atoms with van der Waals surface area (Å²) in [6, 6.07) is 31.6. The highest BCUT2D eigenvalue weighted by Crippen LogP contribution is 2.55. The van der Waals surface area contributed by atoms with E-state index in [9.17, 15) is 0 Å². The Morgan fingerprint density at radius 1 is 0.524 bits per heavy atom. The monoisotopic (exact) mass is 293 g/mol. The van der Waals surface area contributed by atoms with Gasteiger partial charge in [-0.2, -0.15) is 0 Å². The van der Waals surface area contributed by atoms with Gasteiger partial charge in [-0.05, 0) is 36.4 Å². The summed E-state index contributed by atoms with van der Waals surface area (Å²) in [6.07, 6.45) is 0. The van der Waals surface area contributed by atoms with Gasteiger partial charge in [-0.3, -0.25) is 0 Å². The quantitative estimate of drug-likeness (QED) is 0.669. The predicted octanol–water partition coefficient (Wildman–Crippen LogP) is 3.54. The SMILES string of the molecule is CO[P+](c1ccccc1)(c1ccccc1)c1ccccc1. The van der Waals surface area contributed by atoms with Crippen LogP contribution in [0.4, 0.5) is 0 Å². The third kappa shape index (κ3) is 2.51. The molecule has 0 N–H and O–H groups in total. The third-order valence-electron chi connectivity index (χ3n) is 3.63. The molecule has 0 fully saturated rings. The summed E-state index contributed by atoms with van der Waals surface area (Å²) in [5.41, 5.74) is 0. The van der Waals surface area contributed by atoms with Crippen molar-refractivity contribution < 1.29 is 4.52 Å². The summed E-state index contributed by atoms with van der Waals surface area (Å²) in [7, 11) is -0.214. The number of rotatable bonds is 4. The van der Waals surface area contributed by atoms with Crippen molar-refractivity contribution in [1.82, 2.24) is 0 Å². The lowest BCUT2D eigenvalue weighted by atomic mass is 10.4. The zero-order valence-corrected chi connectivity index (χ0v) is 12.9. The molecule has 0 aliphatic rings. The van der Waals surface area contributed by atoms with Crippen LogP contribution in [0.3, 0.4) is 0 Å². The summed E-state index contributed by atoms with van der Waals surface area (Å²) < 4.78 is 6.21. The van der Waals surface area contributed by atoms with Gasteiger partial charge >= 0.3 is 0 Å². The molecule has 0 saturated carbocycles. The van der Waals surface area contributed by atoms with Gasteiger partial charge in [0.25, 0.3) is 0 Å². The zero-order chi connectivity index (χ0) is 14.5. The van der Waals surface area contributed by atoms with E-state index in [2.05, 4.69) is 72.8 Å². The fraction of sp³-hybridized carbons (Fsp3) is 0.0526. The molecule has 0 unspecified atom stereocenters. The van der Waals surface area contributed by atoms with Crippen LogP contribution in [0.25, 0.3) is 0 Å². The van der Waals surface area contributed by atoms with Crippen molar-refractivity contribution >= 4 is 23.4 Å². The van der Waals surface area contributed by atoms with Crippen molar-refractivity contribution in [3.05, 3.63) is 91.0 Å². The van der Waals surface area contributed by atoms with E-state index in [-0.39, 0.29) is 0 Å². The van der Waals surface area contributed by atoms with Gasteiger partial charge < -0.3 is 0 Å². The Labute approximate surface area is 126 Å². The molecule has 2 heteroatoms.